The predicted molar refractivity (Wildman–Crippen MR) is 60.8 cm³/mol. The van der Waals surface area contributed by atoms with Gasteiger partial charge in [0.25, 0.3) is 0 Å². The number of nitrogens with zero attached hydrogens (tertiary/aromatic N) is 4. The Bertz CT molecular complexity index is 398. The van der Waals surface area contributed by atoms with E-state index < -0.39 is 0 Å². The SMILES string of the molecule is CCc1c(CC#N)nnn1C(C)C1CCC1. The third kappa shape index (κ3) is 1.82. The van der Waals surface area contributed by atoms with E-state index in [1.807, 2.05) is 4.68 Å². The van der Waals surface area contributed by atoms with Crippen molar-refractivity contribution in [3.8, 4) is 6.07 Å². The smallest absolute Gasteiger partial charge is 0.0999 e. The maximum atomic E-state index is 8.73. The van der Waals surface area contributed by atoms with Gasteiger partial charge in [-0.3, -0.25) is 0 Å². The molecule has 1 fully saturated rings. The summed E-state index contributed by atoms with van der Waals surface area (Å²) in [5.74, 6) is 0.752. The van der Waals surface area contributed by atoms with E-state index in [1.165, 1.54) is 19.3 Å². The van der Waals surface area contributed by atoms with Crippen LogP contribution in [0.1, 0.15) is 50.5 Å². The minimum atomic E-state index is 0.376. The molecular formula is C12H18N4. The first kappa shape index (κ1) is 11.1. The van der Waals surface area contributed by atoms with Gasteiger partial charge in [0.15, 0.2) is 0 Å². The van der Waals surface area contributed by atoms with Gasteiger partial charge in [-0.1, -0.05) is 18.6 Å². The fraction of sp³-hybridized carbons (Fsp3) is 0.750. The van der Waals surface area contributed by atoms with Crippen molar-refractivity contribution in [3.63, 3.8) is 0 Å². The number of aromatic nitrogens is 3. The van der Waals surface area contributed by atoms with Crippen LogP contribution in [-0.2, 0) is 12.8 Å². The lowest BCUT2D eigenvalue weighted by Crippen LogP contribution is -2.25. The molecule has 16 heavy (non-hydrogen) atoms. The van der Waals surface area contributed by atoms with Crippen molar-refractivity contribution in [1.82, 2.24) is 15.0 Å². The first-order valence-electron chi connectivity index (χ1n) is 6.07. The average molecular weight is 218 g/mol. The molecule has 1 unspecified atom stereocenters. The molecule has 0 aromatic carbocycles. The second-order valence-corrected chi connectivity index (χ2v) is 4.55. The molecule has 1 aliphatic rings. The molecule has 1 aromatic heterocycles. The van der Waals surface area contributed by atoms with E-state index in [9.17, 15) is 0 Å². The molecule has 1 aliphatic carbocycles. The van der Waals surface area contributed by atoms with Crippen molar-refractivity contribution in [2.75, 3.05) is 0 Å². The Kier molecular flexibility index (Phi) is 3.23. The predicted octanol–water partition coefficient (Wildman–Crippen LogP) is 2.27. The van der Waals surface area contributed by atoms with Crippen LogP contribution in [0.2, 0.25) is 0 Å². The van der Waals surface area contributed by atoms with Gasteiger partial charge in [0.1, 0.15) is 0 Å². The van der Waals surface area contributed by atoms with Crippen LogP contribution in [0.15, 0.2) is 0 Å². The standard InChI is InChI=1S/C12H18N4/c1-3-12-11(7-8-13)14-15-16(12)9(2)10-5-4-6-10/h9-10H,3-7H2,1-2H3. The van der Waals surface area contributed by atoms with Crippen LogP contribution < -0.4 is 0 Å². The van der Waals surface area contributed by atoms with Crippen LogP contribution >= 0.6 is 0 Å². The Morgan fingerprint density at radius 1 is 1.56 bits per heavy atom. The largest absolute Gasteiger partial charge is 0.246 e. The van der Waals surface area contributed by atoms with Crippen LogP contribution in [0.5, 0.6) is 0 Å². The summed E-state index contributed by atoms with van der Waals surface area (Å²) in [5.41, 5.74) is 2.00. The topological polar surface area (TPSA) is 54.5 Å². The van der Waals surface area contributed by atoms with Gasteiger partial charge < -0.3 is 0 Å². The van der Waals surface area contributed by atoms with Crippen LogP contribution in [-0.4, -0.2) is 15.0 Å². The van der Waals surface area contributed by atoms with Crippen molar-refractivity contribution in [2.45, 2.75) is 52.0 Å². The van der Waals surface area contributed by atoms with Gasteiger partial charge in [-0.25, -0.2) is 4.68 Å². The molecule has 0 amide bonds. The highest BCUT2D eigenvalue weighted by atomic mass is 15.4. The second-order valence-electron chi connectivity index (χ2n) is 4.55. The number of hydrogen-bond acceptors (Lipinski definition) is 3. The first-order valence-corrected chi connectivity index (χ1v) is 6.07. The zero-order chi connectivity index (χ0) is 11.5. The van der Waals surface area contributed by atoms with Crippen LogP contribution in [0, 0.1) is 17.2 Å². The monoisotopic (exact) mass is 218 g/mol. The summed E-state index contributed by atoms with van der Waals surface area (Å²) < 4.78 is 2.04. The molecule has 1 atom stereocenters. The molecule has 4 heteroatoms. The maximum Gasteiger partial charge on any atom is 0.0999 e. The summed E-state index contributed by atoms with van der Waals surface area (Å²) >= 11 is 0. The summed E-state index contributed by atoms with van der Waals surface area (Å²) in [7, 11) is 0. The molecule has 0 spiro atoms. The van der Waals surface area contributed by atoms with E-state index >= 15 is 0 Å². The van der Waals surface area contributed by atoms with Crippen molar-refractivity contribution in [2.24, 2.45) is 5.92 Å². The van der Waals surface area contributed by atoms with Gasteiger partial charge in [0, 0.05) is 0 Å². The number of rotatable bonds is 4. The summed E-state index contributed by atoms with van der Waals surface area (Å²) in [6.45, 7) is 4.32. The van der Waals surface area contributed by atoms with Gasteiger partial charge in [-0.2, -0.15) is 5.26 Å². The van der Waals surface area contributed by atoms with Crippen LogP contribution in [0.3, 0.4) is 0 Å². The fourth-order valence-corrected chi connectivity index (χ4v) is 2.37. The van der Waals surface area contributed by atoms with Crippen molar-refractivity contribution in [1.29, 1.82) is 5.26 Å². The molecule has 0 aliphatic heterocycles. The molecule has 1 aromatic rings. The lowest BCUT2D eigenvalue weighted by Gasteiger charge is -2.32. The van der Waals surface area contributed by atoms with Gasteiger partial charge >= 0.3 is 0 Å². The molecule has 1 saturated carbocycles. The minimum absolute atomic E-state index is 0.376. The van der Waals surface area contributed by atoms with E-state index in [0.29, 0.717) is 12.5 Å². The molecule has 86 valence electrons. The molecule has 2 rings (SSSR count). The molecule has 1 heterocycles. The summed E-state index contributed by atoms with van der Waals surface area (Å²) in [6.07, 6.45) is 5.23. The fourth-order valence-electron chi connectivity index (χ4n) is 2.37. The third-order valence-corrected chi connectivity index (χ3v) is 3.67. The van der Waals surface area contributed by atoms with Crippen molar-refractivity contribution in [3.05, 3.63) is 11.4 Å². The van der Waals surface area contributed by atoms with Gasteiger partial charge in [-0.15, -0.1) is 5.10 Å². The van der Waals surface area contributed by atoms with Crippen LogP contribution in [0.25, 0.3) is 0 Å². The molecule has 0 saturated heterocycles. The lowest BCUT2D eigenvalue weighted by molar-refractivity contribution is 0.205. The van der Waals surface area contributed by atoms with Gasteiger partial charge in [0.05, 0.1) is 29.9 Å². The molecular weight excluding hydrogens is 200 g/mol. The Morgan fingerprint density at radius 3 is 2.81 bits per heavy atom. The molecule has 0 radical (unpaired) electrons. The minimum Gasteiger partial charge on any atom is -0.246 e. The molecule has 0 N–H and O–H groups in total. The second kappa shape index (κ2) is 4.65. The molecule has 0 bridgehead atoms. The first-order chi connectivity index (χ1) is 7.77. The van der Waals surface area contributed by atoms with Crippen LogP contribution in [0.4, 0.5) is 0 Å². The van der Waals surface area contributed by atoms with E-state index in [1.54, 1.807) is 0 Å². The summed E-state index contributed by atoms with van der Waals surface area (Å²) in [4.78, 5) is 0. The zero-order valence-corrected chi connectivity index (χ0v) is 9.98. The van der Waals surface area contributed by atoms with E-state index in [-0.39, 0.29) is 0 Å². The Balaban J connectivity index is 2.22. The number of nitriles is 1. The van der Waals surface area contributed by atoms with Crippen molar-refractivity contribution < 1.29 is 0 Å². The van der Waals surface area contributed by atoms with Gasteiger partial charge in [0.2, 0.25) is 0 Å². The van der Waals surface area contributed by atoms with Crippen molar-refractivity contribution >= 4 is 0 Å². The Morgan fingerprint density at radius 2 is 2.31 bits per heavy atom. The zero-order valence-electron chi connectivity index (χ0n) is 9.98. The molecule has 4 nitrogen and oxygen atoms in total. The highest BCUT2D eigenvalue weighted by Gasteiger charge is 2.27. The normalized spacial score (nSPS) is 17.8. The van der Waals surface area contributed by atoms with E-state index in [0.717, 1.165) is 23.7 Å². The summed E-state index contributed by atoms with van der Waals surface area (Å²) in [5, 5.41) is 17.1. The summed E-state index contributed by atoms with van der Waals surface area (Å²) in [6, 6.07) is 2.59. The Hall–Kier alpha value is -1.37. The third-order valence-electron chi connectivity index (χ3n) is 3.67. The lowest BCUT2D eigenvalue weighted by atomic mass is 9.80. The highest BCUT2D eigenvalue weighted by Crippen LogP contribution is 2.36. The highest BCUT2D eigenvalue weighted by molar-refractivity contribution is 5.15. The van der Waals surface area contributed by atoms with E-state index in [2.05, 4.69) is 30.2 Å². The quantitative estimate of drug-likeness (QED) is 0.779. The average Bonchev–Trinajstić information content (AvgIpc) is 2.58. The van der Waals surface area contributed by atoms with E-state index in [4.69, 9.17) is 5.26 Å². The maximum absolute atomic E-state index is 8.73. The number of hydrogen-bond donors (Lipinski definition) is 0. The van der Waals surface area contributed by atoms with Gasteiger partial charge in [-0.05, 0) is 32.1 Å². The Labute approximate surface area is 96.3 Å².